The molecule has 18 nitrogen and oxygen atoms in total. The summed E-state index contributed by atoms with van der Waals surface area (Å²) in [5, 5.41) is 22.9. The number of hydrogen-bond acceptors (Lipinski definition) is 10. The number of aliphatic carboxylic acids is 2. The molecule has 2 aromatic heterocycles. The van der Waals surface area contributed by atoms with E-state index in [1.807, 2.05) is 0 Å². The molecule has 6 N–H and O–H groups in total. The Hall–Kier alpha value is -7.74. The molecule has 0 aliphatic carbocycles. The van der Waals surface area contributed by atoms with Crippen molar-refractivity contribution in [1.82, 2.24) is 19.8 Å². The molecule has 408 valence electrons. The summed E-state index contributed by atoms with van der Waals surface area (Å²) in [5.41, 5.74) is -0.0283. The highest BCUT2D eigenvalue weighted by Gasteiger charge is 2.42. The van der Waals surface area contributed by atoms with Crippen LogP contribution in [-0.2, 0) is 52.3 Å². The first-order valence-corrected chi connectivity index (χ1v) is 25.9. The Balaban J connectivity index is 0.000000281. The molecular formula is C50H52F6N6O12S2. The molecule has 0 spiro atoms. The van der Waals surface area contributed by atoms with E-state index in [2.05, 4.69) is 20.1 Å². The van der Waals surface area contributed by atoms with Crippen LogP contribution in [0.2, 0.25) is 0 Å². The number of nitrogens with one attached hydrogen (secondary N) is 4. The molecule has 0 saturated heterocycles. The van der Waals surface area contributed by atoms with Gasteiger partial charge in [-0.25, -0.2) is 26.4 Å². The van der Waals surface area contributed by atoms with Crippen LogP contribution in [0.25, 0.3) is 21.8 Å². The molecule has 0 fully saturated rings. The lowest BCUT2D eigenvalue weighted by molar-refractivity contribution is -0.142. The number of carboxylic acid groups (broad SMARTS) is 2. The Bertz CT molecular complexity index is 3180. The van der Waals surface area contributed by atoms with Crippen LogP contribution in [-0.4, -0.2) is 95.9 Å². The lowest BCUT2D eigenvalue weighted by Gasteiger charge is -2.17. The van der Waals surface area contributed by atoms with Crippen LogP contribution in [0, 0.1) is 25.7 Å². The van der Waals surface area contributed by atoms with Gasteiger partial charge in [0, 0.05) is 45.6 Å². The maximum atomic E-state index is 13.3. The number of rotatable bonds is 20. The fraction of sp³-hybridized carbons (Fsp3) is 0.320. The third kappa shape index (κ3) is 15.2. The van der Waals surface area contributed by atoms with Crippen LogP contribution < -0.4 is 20.1 Å². The van der Waals surface area contributed by atoms with Crippen molar-refractivity contribution in [3.63, 3.8) is 0 Å². The zero-order valence-corrected chi connectivity index (χ0v) is 43.0. The number of nitrogens with zero attached hydrogens (tertiary/aromatic N) is 2. The Labute approximate surface area is 431 Å². The highest BCUT2D eigenvalue weighted by molar-refractivity contribution is 7.93. The number of carbonyl (C=O) groups excluding carboxylic acids is 4. The first kappa shape index (κ1) is 59.1. The number of anilines is 2. The second-order valence-corrected chi connectivity index (χ2v) is 21.8. The number of aryl methyl sites for hydroxylation is 2. The summed E-state index contributed by atoms with van der Waals surface area (Å²) in [6, 6.07) is 16.6. The molecule has 2 atom stereocenters. The van der Waals surface area contributed by atoms with Gasteiger partial charge in [0.1, 0.15) is 25.2 Å². The number of ketones is 2. The number of hydrogen-bond donors (Lipinski definition) is 6. The van der Waals surface area contributed by atoms with Crippen molar-refractivity contribution in [3.05, 3.63) is 120 Å². The summed E-state index contributed by atoms with van der Waals surface area (Å²) >= 11 is 0. The molecule has 0 unspecified atom stereocenters. The van der Waals surface area contributed by atoms with E-state index in [9.17, 15) is 82.2 Å². The zero-order valence-electron chi connectivity index (χ0n) is 41.3. The Morgan fingerprint density at radius 3 is 1.12 bits per heavy atom. The van der Waals surface area contributed by atoms with Gasteiger partial charge in [-0.15, -0.1) is 0 Å². The van der Waals surface area contributed by atoms with E-state index in [0.717, 1.165) is 44.8 Å². The first-order chi connectivity index (χ1) is 35.2. The van der Waals surface area contributed by atoms with Gasteiger partial charge in [-0.1, -0.05) is 63.1 Å². The van der Waals surface area contributed by atoms with Gasteiger partial charge in [0.05, 0.1) is 20.9 Å². The number of halogens is 6. The van der Waals surface area contributed by atoms with E-state index in [4.69, 9.17) is 0 Å². The van der Waals surface area contributed by atoms with Gasteiger partial charge >= 0.3 is 24.3 Å². The van der Waals surface area contributed by atoms with E-state index in [1.54, 1.807) is 65.8 Å². The van der Waals surface area contributed by atoms with Gasteiger partial charge in [-0.3, -0.25) is 28.6 Å². The van der Waals surface area contributed by atoms with Crippen LogP contribution >= 0.6 is 0 Å². The molecule has 0 bridgehead atoms. The molecule has 26 heteroatoms. The number of amides is 2. The predicted molar refractivity (Wildman–Crippen MR) is 267 cm³/mol. The lowest BCUT2D eigenvalue weighted by atomic mass is 10.0. The predicted octanol–water partition coefficient (Wildman–Crippen LogP) is 8.22. The highest BCUT2D eigenvalue weighted by Crippen LogP contribution is 2.33. The van der Waals surface area contributed by atoms with Crippen molar-refractivity contribution < 1.29 is 82.2 Å². The third-order valence-corrected chi connectivity index (χ3v) is 14.0. The highest BCUT2D eigenvalue weighted by atomic mass is 32.2. The average Bonchev–Trinajstić information content (AvgIpc) is 3.83. The van der Waals surface area contributed by atoms with Crippen LogP contribution in [0.5, 0.6) is 0 Å². The van der Waals surface area contributed by atoms with Crippen molar-refractivity contribution in [2.45, 2.75) is 102 Å². The van der Waals surface area contributed by atoms with Crippen molar-refractivity contribution in [1.29, 1.82) is 0 Å². The normalized spacial score (nSPS) is 12.9. The Morgan fingerprint density at radius 2 is 0.842 bits per heavy atom. The van der Waals surface area contributed by atoms with Gasteiger partial charge in [-0.2, -0.15) is 26.3 Å². The van der Waals surface area contributed by atoms with E-state index in [1.165, 1.54) is 48.5 Å². The SMILES string of the molecule is Cc1ccc(S(=O)(=O)Nc2ccc3c(c2)c(C(=O)C(F)(F)F)cn3CC(=O)N[C@@H](CC(C)C)C(=O)O)cc1.Cc1ccc(S(=O)(=O)Nc2ccc3c(c2)c(C(=O)C(F)(F)F)cn3CC(=O)N[C@@H](CC(C)C)C(=O)O)cc1. The largest absolute Gasteiger partial charge is 0.480 e. The maximum absolute atomic E-state index is 13.3. The molecule has 0 aliphatic heterocycles. The summed E-state index contributed by atoms with van der Waals surface area (Å²) in [6.07, 6.45) is -8.51. The van der Waals surface area contributed by atoms with Crippen LogP contribution in [0.15, 0.2) is 107 Å². The first-order valence-electron chi connectivity index (χ1n) is 22.9. The zero-order chi connectivity index (χ0) is 56.8. The fourth-order valence-electron chi connectivity index (χ4n) is 7.69. The number of aromatic nitrogens is 2. The van der Waals surface area contributed by atoms with Crippen LogP contribution in [0.3, 0.4) is 0 Å². The number of benzene rings is 4. The number of carboxylic acids is 2. The second-order valence-electron chi connectivity index (χ2n) is 18.5. The molecule has 2 heterocycles. The van der Waals surface area contributed by atoms with Crippen molar-refractivity contribution >= 4 is 88.5 Å². The molecule has 4 aromatic carbocycles. The molecule has 2 amide bonds. The summed E-state index contributed by atoms with van der Waals surface area (Å²) in [5.74, 6) is -8.56. The monoisotopic (exact) mass is 1110 g/mol. The number of alkyl halides is 6. The van der Waals surface area contributed by atoms with Gasteiger partial charge in [0.2, 0.25) is 11.8 Å². The molecule has 0 saturated carbocycles. The van der Waals surface area contributed by atoms with Crippen LogP contribution in [0.1, 0.15) is 72.4 Å². The van der Waals surface area contributed by atoms with E-state index < -0.39 is 104 Å². The maximum Gasteiger partial charge on any atom is 0.454 e. The molecule has 6 aromatic rings. The van der Waals surface area contributed by atoms with Gasteiger partial charge in [0.15, 0.2) is 0 Å². The topological polar surface area (TPSA) is 269 Å². The van der Waals surface area contributed by atoms with E-state index in [0.29, 0.717) is 0 Å². The molecule has 6 rings (SSSR count). The van der Waals surface area contributed by atoms with E-state index >= 15 is 0 Å². The lowest BCUT2D eigenvalue weighted by Crippen LogP contribution is -2.43. The number of Topliss-reactive ketones (excluding diaryl/α,β-unsaturated/α-hetero) is 2. The Morgan fingerprint density at radius 1 is 0.526 bits per heavy atom. The Kier molecular flexibility index (Phi) is 18.2. The second kappa shape index (κ2) is 23.4. The van der Waals surface area contributed by atoms with Gasteiger partial charge < -0.3 is 30.0 Å². The van der Waals surface area contributed by atoms with Gasteiger partial charge in [-0.05, 0) is 99.2 Å². The molecule has 0 radical (unpaired) electrons. The third-order valence-electron chi connectivity index (χ3n) is 11.2. The number of fused-ring (bicyclic) bond motifs is 2. The smallest absolute Gasteiger partial charge is 0.454 e. The minimum Gasteiger partial charge on any atom is -0.480 e. The number of carbonyl (C=O) groups is 6. The summed E-state index contributed by atoms with van der Waals surface area (Å²) in [7, 11) is -8.18. The summed E-state index contributed by atoms with van der Waals surface area (Å²) < 4.78 is 138. The van der Waals surface area contributed by atoms with Crippen molar-refractivity contribution in [2.24, 2.45) is 11.8 Å². The average molecular weight is 1110 g/mol. The molecule has 0 aliphatic rings. The van der Waals surface area contributed by atoms with Crippen LogP contribution in [0.4, 0.5) is 37.7 Å². The summed E-state index contributed by atoms with van der Waals surface area (Å²) in [4.78, 5) is 72.2. The molecular weight excluding hydrogens is 1050 g/mol. The van der Waals surface area contributed by atoms with Crippen molar-refractivity contribution in [3.8, 4) is 0 Å². The quantitative estimate of drug-likeness (QED) is 0.0312. The minimum atomic E-state index is -5.23. The standard InChI is InChI=1S/2C25H26F3N3O6S/c2*1-14(2)10-20(24(34)35)29-22(32)13-31-12-19(23(33)25(26,27)28)18-11-16(6-9-21(18)31)30-38(36,37)17-7-4-15(3)5-8-17/h2*4-9,11-12,14,20,30H,10,13H2,1-3H3,(H,29,32)(H,34,35)/t2*20-/m00/s1. The summed E-state index contributed by atoms with van der Waals surface area (Å²) in [6.45, 7) is 9.46. The van der Waals surface area contributed by atoms with E-state index in [-0.39, 0.29) is 67.6 Å². The molecule has 76 heavy (non-hydrogen) atoms. The number of sulfonamides is 2. The minimum absolute atomic E-state index is 0.0433. The van der Waals surface area contributed by atoms with Gasteiger partial charge in [0.25, 0.3) is 31.6 Å². The van der Waals surface area contributed by atoms with Crippen molar-refractivity contribution in [2.75, 3.05) is 9.44 Å². The fourth-order valence-corrected chi connectivity index (χ4v) is 9.79.